The lowest BCUT2D eigenvalue weighted by atomic mass is 9.67. The molecule has 1 fully saturated rings. The molecule has 2 aliphatic rings. The van der Waals surface area contributed by atoms with Crippen molar-refractivity contribution in [2.45, 2.75) is 52.5 Å². The van der Waals surface area contributed by atoms with Crippen LogP contribution in [0.25, 0.3) is 0 Å². The molecule has 0 N–H and O–H groups in total. The number of nitrogens with zero attached hydrogens (tertiary/aromatic N) is 3. The van der Waals surface area contributed by atoms with Gasteiger partial charge in [-0.15, -0.1) is 11.3 Å². The van der Waals surface area contributed by atoms with Crippen LogP contribution >= 0.6 is 11.3 Å². The highest BCUT2D eigenvalue weighted by molar-refractivity contribution is 7.86. The summed E-state index contributed by atoms with van der Waals surface area (Å²) in [5, 5.41) is 0.926. The van der Waals surface area contributed by atoms with Crippen molar-refractivity contribution in [1.29, 1.82) is 0 Å². The molecule has 0 atom stereocenters. The highest BCUT2D eigenvalue weighted by Gasteiger charge is 2.41. The van der Waals surface area contributed by atoms with Gasteiger partial charge in [0.15, 0.2) is 0 Å². The number of aromatic nitrogens is 1. The topological polar surface area (TPSA) is 53.5 Å². The number of hydrogen-bond donors (Lipinski definition) is 0. The molecule has 22 heavy (non-hydrogen) atoms. The van der Waals surface area contributed by atoms with E-state index in [2.05, 4.69) is 27.7 Å². The van der Waals surface area contributed by atoms with E-state index in [1.54, 1.807) is 18.4 Å². The highest BCUT2D eigenvalue weighted by atomic mass is 32.2. The predicted molar refractivity (Wildman–Crippen MR) is 89.2 cm³/mol. The summed E-state index contributed by atoms with van der Waals surface area (Å²) in [5.41, 5.74) is 1.54. The SMILES string of the molecule is CN1CCN(Cc2nc3c(s2)C(C)(C)CC(C)(C)C3)S1(=O)=O. The van der Waals surface area contributed by atoms with E-state index in [1.165, 1.54) is 19.2 Å². The zero-order valence-corrected chi connectivity index (χ0v) is 15.6. The molecule has 1 aromatic rings. The van der Waals surface area contributed by atoms with Crippen LogP contribution in [0.3, 0.4) is 0 Å². The van der Waals surface area contributed by atoms with Crippen molar-refractivity contribution in [2.75, 3.05) is 20.1 Å². The Bertz CT molecular complexity index is 692. The lowest BCUT2D eigenvalue weighted by Gasteiger charge is -2.39. The van der Waals surface area contributed by atoms with Crippen molar-refractivity contribution < 1.29 is 8.42 Å². The summed E-state index contributed by atoms with van der Waals surface area (Å²) in [6, 6.07) is 0. The van der Waals surface area contributed by atoms with Gasteiger partial charge in [-0.1, -0.05) is 27.7 Å². The Morgan fingerprint density at radius 1 is 1.23 bits per heavy atom. The summed E-state index contributed by atoms with van der Waals surface area (Å²) in [6.07, 6.45) is 2.12. The third-order valence-corrected chi connectivity index (χ3v) is 8.00. The summed E-state index contributed by atoms with van der Waals surface area (Å²) in [5.74, 6) is 0. The Labute approximate surface area is 137 Å². The van der Waals surface area contributed by atoms with Crippen molar-refractivity contribution in [2.24, 2.45) is 5.41 Å². The van der Waals surface area contributed by atoms with Gasteiger partial charge in [-0.05, 0) is 18.3 Å². The van der Waals surface area contributed by atoms with E-state index in [0.717, 1.165) is 17.8 Å². The first kappa shape index (κ1) is 16.4. The van der Waals surface area contributed by atoms with E-state index in [-0.39, 0.29) is 10.8 Å². The van der Waals surface area contributed by atoms with Gasteiger partial charge in [0.25, 0.3) is 10.2 Å². The van der Waals surface area contributed by atoms with Crippen molar-refractivity contribution in [3.63, 3.8) is 0 Å². The van der Waals surface area contributed by atoms with Crippen LogP contribution in [0.5, 0.6) is 0 Å². The van der Waals surface area contributed by atoms with Crippen molar-refractivity contribution in [3.05, 3.63) is 15.6 Å². The average Bonchev–Trinajstić information content (AvgIpc) is 2.83. The fourth-order valence-corrected chi connectivity index (χ4v) is 6.48. The second-order valence-electron chi connectivity index (χ2n) is 7.95. The van der Waals surface area contributed by atoms with Crippen LogP contribution in [0.2, 0.25) is 0 Å². The van der Waals surface area contributed by atoms with Gasteiger partial charge >= 0.3 is 0 Å². The van der Waals surface area contributed by atoms with Crippen molar-refractivity contribution in [3.8, 4) is 0 Å². The van der Waals surface area contributed by atoms with E-state index in [1.807, 2.05) is 0 Å². The minimum Gasteiger partial charge on any atom is -0.245 e. The smallest absolute Gasteiger partial charge is 0.245 e. The van der Waals surface area contributed by atoms with Crippen LogP contribution in [0.1, 0.15) is 49.7 Å². The molecule has 0 bridgehead atoms. The Morgan fingerprint density at radius 2 is 1.91 bits per heavy atom. The van der Waals surface area contributed by atoms with Crippen molar-refractivity contribution in [1.82, 2.24) is 13.6 Å². The molecule has 0 aromatic carbocycles. The largest absolute Gasteiger partial charge is 0.282 e. The second-order valence-corrected chi connectivity index (χ2v) is 11.1. The third-order valence-electron chi connectivity index (χ3n) is 4.62. The fourth-order valence-electron chi connectivity index (χ4n) is 3.90. The Balaban J connectivity index is 1.89. The number of hydrogen-bond acceptors (Lipinski definition) is 4. The van der Waals surface area contributed by atoms with Crippen LogP contribution in [0.4, 0.5) is 0 Å². The van der Waals surface area contributed by atoms with E-state index >= 15 is 0 Å². The standard InChI is InChI=1S/C15H25N3O2S2/c1-14(2)8-11-13(15(3,4)10-14)21-12(16-11)9-18-7-6-17(5)22(18,19)20/h6-10H2,1-5H3. The summed E-state index contributed by atoms with van der Waals surface area (Å²) in [4.78, 5) is 6.13. The fraction of sp³-hybridized carbons (Fsp3) is 0.800. The molecule has 0 spiro atoms. The van der Waals surface area contributed by atoms with Crippen LogP contribution in [-0.2, 0) is 28.6 Å². The lowest BCUT2D eigenvalue weighted by Crippen LogP contribution is -2.33. The van der Waals surface area contributed by atoms with E-state index < -0.39 is 10.2 Å². The first-order chi connectivity index (χ1) is 10.0. The van der Waals surface area contributed by atoms with Crippen LogP contribution in [0, 0.1) is 5.41 Å². The van der Waals surface area contributed by atoms with Crippen molar-refractivity contribution >= 4 is 21.5 Å². The van der Waals surface area contributed by atoms with E-state index in [0.29, 0.717) is 19.6 Å². The van der Waals surface area contributed by atoms with E-state index in [4.69, 9.17) is 4.98 Å². The summed E-state index contributed by atoms with van der Waals surface area (Å²) in [7, 11) is -1.65. The maximum absolute atomic E-state index is 12.2. The van der Waals surface area contributed by atoms with Gasteiger partial charge in [-0.3, -0.25) is 0 Å². The zero-order chi connectivity index (χ0) is 16.3. The van der Waals surface area contributed by atoms with Gasteiger partial charge < -0.3 is 0 Å². The molecule has 3 rings (SSSR count). The molecule has 1 aliphatic heterocycles. The lowest BCUT2D eigenvalue weighted by molar-refractivity contribution is 0.232. The summed E-state index contributed by atoms with van der Waals surface area (Å²) < 4.78 is 27.3. The summed E-state index contributed by atoms with van der Waals surface area (Å²) in [6.45, 7) is 10.6. The molecular weight excluding hydrogens is 318 g/mol. The Kier molecular flexibility index (Phi) is 3.72. The minimum absolute atomic E-state index is 0.119. The highest BCUT2D eigenvalue weighted by Crippen LogP contribution is 2.47. The molecule has 0 radical (unpaired) electrons. The molecule has 1 saturated heterocycles. The predicted octanol–water partition coefficient (Wildman–Crippen LogP) is 2.39. The molecule has 2 heterocycles. The maximum atomic E-state index is 12.2. The molecular formula is C15H25N3O2S2. The number of rotatable bonds is 2. The van der Waals surface area contributed by atoms with E-state index in [9.17, 15) is 8.42 Å². The van der Waals surface area contributed by atoms with Crippen LogP contribution in [-0.4, -0.2) is 42.1 Å². The van der Waals surface area contributed by atoms with Gasteiger partial charge in [0.1, 0.15) is 5.01 Å². The molecule has 7 heteroatoms. The molecule has 1 aromatic heterocycles. The summed E-state index contributed by atoms with van der Waals surface area (Å²) >= 11 is 1.70. The second kappa shape index (κ2) is 5.00. The molecule has 5 nitrogen and oxygen atoms in total. The molecule has 0 amide bonds. The van der Waals surface area contributed by atoms with Gasteiger partial charge in [-0.25, -0.2) is 4.98 Å². The van der Waals surface area contributed by atoms with Crippen LogP contribution in [0.15, 0.2) is 0 Å². The minimum atomic E-state index is -3.28. The number of fused-ring (bicyclic) bond motifs is 1. The average molecular weight is 344 g/mol. The maximum Gasteiger partial charge on any atom is 0.282 e. The first-order valence-corrected chi connectivity index (χ1v) is 9.93. The monoisotopic (exact) mass is 343 g/mol. The van der Waals surface area contributed by atoms with Crippen LogP contribution < -0.4 is 0 Å². The van der Waals surface area contributed by atoms with Gasteiger partial charge in [0.2, 0.25) is 0 Å². The van der Waals surface area contributed by atoms with Gasteiger partial charge in [-0.2, -0.15) is 17.0 Å². The Morgan fingerprint density at radius 3 is 2.50 bits per heavy atom. The molecule has 124 valence electrons. The molecule has 1 aliphatic carbocycles. The normalized spacial score (nSPS) is 27.0. The Hall–Kier alpha value is -0.500. The molecule has 0 saturated carbocycles. The number of thiazole rings is 1. The zero-order valence-electron chi connectivity index (χ0n) is 14.0. The van der Waals surface area contributed by atoms with Gasteiger partial charge in [0.05, 0.1) is 12.2 Å². The molecule has 0 unspecified atom stereocenters. The quantitative estimate of drug-likeness (QED) is 0.828. The first-order valence-electron chi connectivity index (χ1n) is 7.72. The van der Waals surface area contributed by atoms with Gasteiger partial charge in [0, 0.05) is 30.4 Å². The third kappa shape index (κ3) is 2.72. The number of likely N-dealkylation sites (N-methyl/N-ethyl adjacent to an activating group) is 1.